The molecule has 4 nitrogen and oxygen atoms in total. The van der Waals surface area contributed by atoms with Gasteiger partial charge >= 0.3 is 0 Å². The molecule has 74 valence electrons. The van der Waals surface area contributed by atoms with Crippen molar-refractivity contribution in [3.63, 3.8) is 0 Å². The molecule has 0 saturated carbocycles. The molecule has 0 aliphatic rings. The molecule has 1 heterocycles. The summed E-state index contributed by atoms with van der Waals surface area (Å²) in [5.74, 6) is 0.0725. The smallest absolute Gasteiger partial charge is 0.181 e. The number of thiol groups is 1. The van der Waals surface area contributed by atoms with E-state index in [1.807, 2.05) is 6.07 Å². The molecule has 0 aliphatic carbocycles. The molecule has 2 N–H and O–H groups in total. The van der Waals surface area contributed by atoms with Crippen LogP contribution >= 0.6 is 11.3 Å². The molecule has 2 rings (SSSR count). The first kappa shape index (κ1) is 9.42. The summed E-state index contributed by atoms with van der Waals surface area (Å²) in [4.78, 5) is 4.08. The number of hydrogen-bond donors (Lipinski definition) is 2. The number of rotatable bonds is 2. The van der Waals surface area contributed by atoms with Gasteiger partial charge in [-0.15, -0.1) is 0 Å². The van der Waals surface area contributed by atoms with Crippen LogP contribution < -0.4 is 5.73 Å². The average molecular weight is 228 g/mol. The van der Waals surface area contributed by atoms with Crippen LogP contribution in [0.5, 0.6) is 0 Å². The lowest BCUT2D eigenvalue weighted by Gasteiger charge is -1.93. The first-order valence-electron chi connectivity index (χ1n) is 3.92. The second-order valence-electron chi connectivity index (χ2n) is 2.85. The molecule has 0 atom stereocenters. The van der Waals surface area contributed by atoms with Gasteiger partial charge in [-0.3, -0.25) is 0 Å². The number of aromatic nitrogens is 1. The summed E-state index contributed by atoms with van der Waals surface area (Å²) in [6.07, 6.45) is 0. The number of nitrogen functional groups attached to an aromatic ring is 1. The number of nitrogens with two attached hydrogens (primary N) is 1. The fourth-order valence-electron chi connectivity index (χ4n) is 1.23. The number of hydrogen-bond acceptors (Lipinski definition) is 5. The third-order valence-corrected chi connectivity index (χ3v) is 3.25. The highest BCUT2D eigenvalue weighted by atomic mass is 32.2. The standard InChI is InChI=1S/C8H8N2O2S2/c9-8-10-6-2-1-5(4-14(11)12)3-7(6)13-8/h1-3,14H,4H2,(H2,9,10). The van der Waals surface area contributed by atoms with Crippen LogP contribution in [0.3, 0.4) is 0 Å². The molecule has 0 bridgehead atoms. The van der Waals surface area contributed by atoms with Gasteiger partial charge in [-0.1, -0.05) is 17.4 Å². The molecule has 0 amide bonds. The van der Waals surface area contributed by atoms with E-state index in [2.05, 4.69) is 4.98 Å². The molecule has 1 aromatic heterocycles. The van der Waals surface area contributed by atoms with E-state index in [1.54, 1.807) is 12.1 Å². The first-order chi connectivity index (χ1) is 6.65. The fourth-order valence-corrected chi connectivity index (χ4v) is 2.53. The van der Waals surface area contributed by atoms with Crippen LogP contribution in [0.2, 0.25) is 0 Å². The van der Waals surface area contributed by atoms with E-state index in [-0.39, 0.29) is 5.75 Å². The summed E-state index contributed by atoms with van der Waals surface area (Å²) in [7, 11) is -2.37. The van der Waals surface area contributed by atoms with E-state index in [4.69, 9.17) is 5.73 Å². The summed E-state index contributed by atoms with van der Waals surface area (Å²) in [5.41, 5.74) is 7.12. The van der Waals surface area contributed by atoms with Gasteiger partial charge in [0.2, 0.25) is 0 Å². The van der Waals surface area contributed by atoms with Gasteiger partial charge in [-0.2, -0.15) is 0 Å². The Bertz CT molecular complexity index is 537. The number of benzene rings is 1. The lowest BCUT2D eigenvalue weighted by Crippen LogP contribution is -1.85. The summed E-state index contributed by atoms with van der Waals surface area (Å²) in [5, 5.41) is 0.503. The highest BCUT2D eigenvalue weighted by Crippen LogP contribution is 2.24. The van der Waals surface area contributed by atoms with E-state index in [9.17, 15) is 8.42 Å². The molecule has 0 radical (unpaired) electrons. The van der Waals surface area contributed by atoms with E-state index in [0.29, 0.717) is 5.13 Å². The summed E-state index contributed by atoms with van der Waals surface area (Å²) < 4.78 is 21.9. The van der Waals surface area contributed by atoms with Crippen molar-refractivity contribution in [2.75, 3.05) is 5.73 Å². The fraction of sp³-hybridized carbons (Fsp3) is 0.125. The normalized spacial score (nSPS) is 11.2. The molecule has 1 aromatic carbocycles. The quantitative estimate of drug-likeness (QED) is 0.752. The van der Waals surface area contributed by atoms with E-state index >= 15 is 0 Å². The van der Waals surface area contributed by atoms with Crippen molar-refractivity contribution < 1.29 is 8.42 Å². The molecular weight excluding hydrogens is 220 g/mol. The Balaban J connectivity index is 2.50. The zero-order chi connectivity index (χ0) is 10.1. The molecular formula is C8H8N2O2S2. The molecule has 6 heteroatoms. The zero-order valence-electron chi connectivity index (χ0n) is 7.14. The predicted octanol–water partition coefficient (Wildman–Crippen LogP) is 0.990. The minimum absolute atomic E-state index is 0.0725. The molecule has 0 aliphatic heterocycles. The van der Waals surface area contributed by atoms with Gasteiger partial charge in [0, 0.05) is 0 Å². The van der Waals surface area contributed by atoms with Crippen molar-refractivity contribution in [1.82, 2.24) is 4.98 Å². The van der Waals surface area contributed by atoms with Gasteiger partial charge < -0.3 is 5.73 Å². The Morgan fingerprint density at radius 1 is 1.43 bits per heavy atom. The largest absolute Gasteiger partial charge is 0.375 e. The van der Waals surface area contributed by atoms with Crippen LogP contribution in [0.25, 0.3) is 10.2 Å². The Kier molecular flexibility index (Phi) is 2.39. The van der Waals surface area contributed by atoms with Crippen LogP contribution in [0.15, 0.2) is 18.2 Å². The maximum Gasteiger partial charge on any atom is 0.181 e. The summed E-state index contributed by atoms with van der Waals surface area (Å²) in [6, 6.07) is 5.36. The third-order valence-electron chi connectivity index (χ3n) is 1.78. The molecule has 2 aromatic rings. The second-order valence-corrected chi connectivity index (χ2v) is 4.89. The van der Waals surface area contributed by atoms with Crippen LogP contribution in [0, 0.1) is 0 Å². The van der Waals surface area contributed by atoms with Crippen molar-refractivity contribution >= 4 is 37.4 Å². The predicted molar refractivity (Wildman–Crippen MR) is 58.1 cm³/mol. The van der Waals surface area contributed by atoms with E-state index in [1.165, 1.54) is 11.3 Å². The third kappa shape index (κ3) is 1.85. The van der Waals surface area contributed by atoms with Crippen molar-refractivity contribution in [1.29, 1.82) is 0 Å². The van der Waals surface area contributed by atoms with Crippen LogP contribution in [-0.2, 0) is 16.5 Å². The lowest BCUT2D eigenvalue weighted by molar-refractivity contribution is 0.614. The number of anilines is 1. The number of thiazole rings is 1. The van der Waals surface area contributed by atoms with Crippen LogP contribution in [0.1, 0.15) is 5.56 Å². The monoisotopic (exact) mass is 228 g/mol. The SMILES string of the molecule is Nc1nc2ccc(C[SH](=O)=O)cc2s1. The Labute approximate surface area is 86.3 Å². The first-order valence-corrected chi connectivity index (χ1v) is 6.10. The minimum Gasteiger partial charge on any atom is -0.375 e. The van der Waals surface area contributed by atoms with Gasteiger partial charge in [-0.25, -0.2) is 13.4 Å². The molecule has 0 fully saturated rings. The molecule has 14 heavy (non-hydrogen) atoms. The van der Waals surface area contributed by atoms with Gasteiger partial charge in [0.05, 0.1) is 16.0 Å². The van der Waals surface area contributed by atoms with E-state index in [0.717, 1.165) is 15.8 Å². The van der Waals surface area contributed by atoms with Crippen LogP contribution in [-0.4, -0.2) is 13.4 Å². The lowest BCUT2D eigenvalue weighted by atomic mass is 10.2. The minimum atomic E-state index is -2.37. The van der Waals surface area contributed by atoms with Crippen molar-refractivity contribution in [3.8, 4) is 0 Å². The summed E-state index contributed by atoms with van der Waals surface area (Å²) >= 11 is 1.36. The Morgan fingerprint density at radius 3 is 2.93 bits per heavy atom. The molecule has 0 unspecified atom stereocenters. The van der Waals surface area contributed by atoms with E-state index < -0.39 is 10.7 Å². The Morgan fingerprint density at radius 2 is 2.21 bits per heavy atom. The van der Waals surface area contributed by atoms with Crippen molar-refractivity contribution in [3.05, 3.63) is 23.8 Å². The highest BCUT2D eigenvalue weighted by molar-refractivity contribution is 7.71. The number of nitrogens with zero attached hydrogens (tertiary/aromatic N) is 1. The van der Waals surface area contributed by atoms with Gasteiger partial charge in [0.15, 0.2) is 5.13 Å². The van der Waals surface area contributed by atoms with Gasteiger partial charge in [0.1, 0.15) is 10.7 Å². The maximum atomic E-state index is 10.5. The van der Waals surface area contributed by atoms with Gasteiger partial charge in [-0.05, 0) is 17.7 Å². The summed E-state index contributed by atoms with van der Waals surface area (Å²) in [6.45, 7) is 0. The Hall–Kier alpha value is -1.14. The van der Waals surface area contributed by atoms with Crippen molar-refractivity contribution in [2.24, 2.45) is 0 Å². The second kappa shape index (κ2) is 3.55. The van der Waals surface area contributed by atoms with Crippen molar-refractivity contribution in [2.45, 2.75) is 5.75 Å². The average Bonchev–Trinajstić information content (AvgIpc) is 2.42. The maximum absolute atomic E-state index is 10.5. The van der Waals surface area contributed by atoms with Gasteiger partial charge in [0.25, 0.3) is 0 Å². The van der Waals surface area contributed by atoms with Crippen LogP contribution in [0.4, 0.5) is 5.13 Å². The number of fused-ring (bicyclic) bond motifs is 1. The highest BCUT2D eigenvalue weighted by Gasteiger charge is 2.02. The molecule has 0 saturated heterocycles. The molecule has 0 spiro atoms. The topological polar surface area (TPSA) is 73.0 Å². The zero-order valence-corrected chi connectivity index (χ0v) is 8.85.